The molecule has 8 heteroatoms. The minimum absolute atomic E-state index is 0.0866. The molecule has 0 aliphatic carbocycles. The third-order valence-electron chi connectivity index (χ3n) is 2.52. The second-order valence-electron chi connectivity index (χ2n) is 3.90. The highest BCUT2D eigenvalue weighted by Gasteiger charge is 2.18. The fourth-order valence-corrected chi connectivity index (χ4v) is 1.58. The van der Waals surface area contributed by atoms with Gasteiger partial charge in [-0.1, -0.05) is 6.07 Å². The van der Waals surface area contributed by atoms with Crippen LogP contribution in [0.15, 0.2) is 36.4 Å². The van der Waals surface area contributed by atoms with E-state index in [0.717, 1.165) is 12.1 Å². The number of anilines is 1. The van der Waals surface area contributed by atoms with E-state index in [4.69, 9.17) is 5.26 Å². The Morgan fingerprint density at radius 3 is 2.76 bits per heavy atom. The summed E-state index contributed by atoms with van der Waals surface area (Å²) in [6.07, 6.45) is 0. The maximum Gasteiger partial charge on any atom is 0.294 e. The van der Waals surface area contributed by atoms with Gasteiger partial charge in [0.15, 0.2) is 0 Å². The Hall–Kier alpha value is -3.34. The van der Waals surface area contributed by atoms with E-state index < -0.39 is 22.5 Å². The molecule has 0 saturated heterocycles. The number of hydrogen-bond acceptors (Lipinski definition) is 5. The highest BCUT2D eigenvalue weighted by molar-refractivity contribution is 6.04. The lowest BCUT2D eigenvalue weighted by atomic mass is 10.2. The summed E-state index contributed by atoms with van der Waals surface area (Å²) in [6.45, 7) is 0. The van der Waals surface area contributed by atoms with Crippen LogP contribution in [0.5, 0.6) is 0 Å². The van der Waals surface area contributed by atoms with Gasteiger partial charge in [0.1, 0.15) is 11.4 Å². The predicted molar refractivity (Wildman–Crippen MR) is 70.0 cm³/mol. The minimum Gasteiger partial charge on any atom is -0.315 e. The normalized spacial score (nSPS) is 9.71. The van der Waals surface area contributed by atoms with Crippen molar-refractivity contribution in [2.24, 2.45) is 0 Å². The molecule has 0 fully saturated rings. The molecule has 0 aliphatic rings. The van der Waals surface area contributed by atoms with E-state index in [-0.39, 0.29) is 16.9 Å². The lowest BCUT2D eigenvalue weighted by Crippen LogP contribution is -2.15. The molecule has 21 heavy (non-hydrogen) atoms. The summed E-state index contributed by atoms with van der Waals surface area (Å²) < 4.78 is 12.9. The molecular weight excluding hydrogens is 279 g/mol. The maximum atomic E-state index is 12.9. The van der Waals surface area contributed by atoms with Crippen molar-refractivity contribution in [1.29, 1.82) is 5.26 Å². The van der Waals surface area contributed by atoms with Crippen molar-refractivity contribution in [3.8, 4) is 6.07 Å². The largest absolute Gasteiger partial charge is 0.315 e. The van der Waals surface area contributed by atoms with Gasteiger partial charge in [-0.25, -0.2) is 4.98 Å². The standard InChI is InChI=1S/C13H7FN4O3/c14-12-3-1-2-10(16-12)13(19)17-9-5-4-8(7-15)6-11(9)18(20)21/h1-6H,(H,17,19). The number of carbonyl (C=O) groups is 1. The number of nitro benzene ring substituents is 1. The summed E-state index contributed by atoms with van der Waals surface area (Å²) in [5, 5.41) is 21.9. The summed E-state index contributed by atoms with van der Waals surface area (Å²) in [5.41, 5.74) is -0.661. The quantitative estimate of drug-likeness (QED) is 0.528. The summed E-state index contributed by atoms with van der Waals surface area (Å²) in [6, 6.07) is 8.99. The van der Waals surface area contributed by atoms with Gasteiger partial charge in [0.2, 0.25) is 5.95 Å². The lowest BCUT2D eigenvalue weighted by Gasteiger charge is -2.05. The number of nitrogens with zero attached hydrogens (tertiary/aromatic N) is 3. The summed E-state index contributed by atoms with van der Waals surface area (Å²) in [5.74, 6) is -1.63. The number of amides is 1. The Morgan fingerprint density at radius 1 is 1.38 bits per heavy atom. The molecule has 0 spiro atoms. The Bertz CT molecular complexity index is 770. The van der Waals surface area contributed by atoms with Crippen LogP contribution in [0.25, 0.3) is 0 Å². The number of benzene rings is 1. The van der Waals surface area contributed by atoms with Crippen molar-refractivity contribution >= 4 is 17.3 Å². The Labute approximate surface area is 117 Å². The number of nitro groups is 1. The van der Waals surface area contributed by atoms with E-state index in [2.05, 4.69) is 10.3 Å². The highest BCUT2D eigenvalue weighted by Crippen LogP contribution is 2.25. The average molecular weight is 286 g/mol. The van der Waals surface area contributed by atoms with Crippen LogP contribution in [0.2, 0.25) is 0 Å². The molecule has 104 valence electrons. The molecule has 2 rings (SSSR count). The van der Waals surface area contributed by atoms with E-state index in [1.165, 1.54) is 24.3 Å². The zero-order valence-corrected chi connectivity index (χ0v) is 10.4. The molecule has 1 amide bonds. The molecule has 0 unspecified atom stereocenters. The average Bonchev–Trinajstić information content (AvgIpc) is 2.47. The third kappa shape index (κ3) is 3.16. The predicted octanol–water partition coefficient (Wildman–Crippen LogP) is 2.25. The van der Waals surface area contributed by atoms with Gasteiger partial charge in [0.25, 0.3) is 11.6 Å². The van der Waals surface area contributed by atoms with Crippen molar-refractivity contribution in [1.82, 2.24) is 4.98 Å². The van der Waals surface area contributed by atoms with Gasteiger partial charge in [-0.05, 0) is 24.3 Å². The van der Waals surface area contributed by atoms with Gasteiger partial charge < -0.3 is 5.32 Å². The Balaban J connectivity index is 2.33. The van der Waals surface area contributed by atoms with Gasteiger partial charge in [0.05, 0.1) is 16.6 Å². The van der Waals surface area contributed by atoms with E-state index in [1.54, 1.807) is 6.07 Å². The fourth-order valence-electron chi connectivity index (χ4n) is 1.58. The van der Waals surface area contributed by atoms with Crippen LogP contribution in [-0.4, -0.2) is 15.8 Å². The summed E-state index contributed by atoms with van der Waals surface area (Å²) in [7, 11) is 0. The molecule has 1 aromatic carbocycles. The number of nitriles is 1. The lowest BCUT2D eigenvalue weighted by molar-refractivity contribution is -0.383. The van der Waals surface area contributed by atoms with Crippen LogP contribution >= 0.6 is 0 Å². The Kier molecular flexibility index (Phi) is 3.85. The summed E-state index contributed by atoms with van der Waals surface area (Å²) in [4.78, 5) is 25.4. The molecule has 0 aliphatic heterocycles. The molecule has 7 nitrogen and oxygen atoms in total. The topological polar surface area (TPSA) is 109 Å². The van der Waals surface area contributed by atoms with Crippen LogP contribution in [-0.2, 0) is 0 Å². The number of halogens is 1. The van der Waals surface area contributed by atoms with Crippen molar-refractivity contribution in [2.45, 2.75) is 0 Å². The van der Waals surface area contributed by atoms with E-state index >= 15 is 0 Å². The number of carbonyl (C=O) groups excluding carboxylic acids is 1. The van der Waals surface area contributed by atoms with Gasteiger partial charge in [-0.3, -0.25) is 14.9 Å². The van der Waals surface area contributed by atoms with Crippen LogP contribution in [0.4, 0.5) is 15.8 Å². The van der Waals surface area contributed by atoms with Crippen LogP contribution in [0, 0.1) is 27.4 Å². The van der Waals surface area contributed by atoms with Gasteiger partial charge in [0, 0.05) is 6.07 Å². The molecule has 1 heterocycles. The van der Waals surface area contributed by atoms with Crippen LogP contribution in [0.3, 0.4) is 0 Å². The molecule has 2 aromatic rings. The number of nitrogens with one attached hydrogen (secondary N) is 1. The zero-order chi connectivity index (χ0) is 15.4. The highest BCUT2D eigenvalue weighted by atomic mass is 19.1. The first kappa shape index (κ1) is 14.1. The molecule has 1 aromatic heterocycles. The van der Waals surface area contributed by atoms with Crippen molar-refractivity contribution in [2.75, 3.05) is 5.32 Å². The van der Waals surface area contributed by atoms with E-state index in [0.29, 0.717) is 0 Å². The number of rotatable bonds is 3. The maximum absolute atomic E-state index is 12.9. The smallest absolute Gasteiger partial charge is 0.294 e. The monoisotopic (exact) mass is 286 g/mol. The first-order valence-corrected chi connectivity index (χ1v) is 5.63. The van der Waals surface area contributed by atoms with Gasteiger partial charge >= 0.3 is 0 Å². The zero-order valence-electron chi connectivity index (χ0n) is 10.4. The van der Waals surface area contributed by atoms with Crippen LogP contribution < -0.4 is 5.32 Å². The number of pyridine rings is 1. The molecule has 0 bridgehead atoms. The van der Waals surface area contributed by atoms with Crippen LogP contribution in [0.1, 0.15) is 16.1 Å². The first-order chi connectivity index (χ1) is 10.0. The third-order valence-corrected chi connectivity index (χ3v) is 2.52. The summed E-state index contributed by atoms with van der Waals surface area (Å²) >= 11 is 0. The number of aromatic nitrogens is 1. The van der Waals surface area contributed by atoms with Gasteiger partial charge in [-0.15, -0.1) is 0 Å². The second-order valence-corrected chi connectivity index (χ2v) is 3.90. The molecule has 0 atom stereocenters. The molecular formula is C13H7FN4O3. The first-order valence-electron chi connectivity index (χ1n) is 5.63. The van der Waals surface area contributed by atoms with Gasteiger partial charge in [-0.2, -0.15) is 9.65 Å². The SMILES string of the molecule is N#Cc1ccc(NC(=O)c2cccc(F)n2)c([N+](=O)[O-])c1. The van der Waals surface area contributed by atoms with E-state index in [1.807, 2.05) is 0 Å². The molecule has 0 saturated carbocycles. The fraction of sp³-hybridized carbons (Fsp3) is 0. The van der Waals surface area contributed by atoms with Crippen molar-refractivity contribution in [3.05, 3.63) is 63.7 Å². The molecule has 1 N–H and O–H groups in total. The van der Waals surface area contributed by atoms with Crippen molar-refractivity contribution in [3.63, 3.8) is 0 Å². The molecule has 0 radical (unpaired) electrons. The van der Waals surface area contributed by atoms with Crippen molar-refractivity contribution < 1.29 is 14.1 Å². The number of hydrogen-bond donors (Lipinski definition) is 1. The minimum atomic E-state index is -0.836. The Morgan fingerprint density at radius 2 is 2.14 bits per heavy atom. The van der Waals surface area contributed by atoms with E-state index in [9.17, 15) is 19.3 Å². The second kappa shape index (κ2) is 5.75.